The Kier molecular flexibility index (Phi) is 4.71. The standard InChI is InChI=1S/C16H21ClN2O/c1-3-11(2)16-8-12(6-7-19(16)10-20)14-9-13(17)4-5-15(14)18/h4-5,8-11,16H,3,6-7,18H2,1-2H3. The van der Waals surface area contributed by atoms with Crippen molar-refractivity contribution in [3.05, 3.63) is 34.9 Å². The molecule has 2 unspecified atom stereocenters. The number of nitrogens with zero attached hydrogens (tertiary/aromatic N) is 1. The van der Waals surface area contributed by atoms with Crippen molar-refractivity contribution in [1.82, 2.24) is 4.90 Å². The molecule has 1 aliphatic rings. The average Bonchev–Trinajstić information content (AvgIpc) is 2.48. The molecule has 0 bridgehead atoms. The van der Waals surface area contributed by atoms with Gasteiger partial charge in [-0.15, -0.1) is 0 Å². The van der Waals surface area contributed by atoms with Crippen molar-refractivity contribution in [1.29, 1.82) is 0 Å². The molecule has 0 spiro atoms. The zero-order valence-electron chi connectivity index (χ0n) is 12.0. The summed E-state index contributed by atoms with van der Waals surface area (Å²) in [6.45, 7) is 5.04. The molecule has 0 saturated heterocycles. The third kappa shape index (κ3) is 2.98. The van der Waals surface area contributed by atoms with Crippen molar-refractivity contribution >= 4 is 29.3 Å². The summed E-state index contributed by atoms with van der Waals surface area (Å²) in [4.78, 5) is 13.1. The van der Waals surface area contributed by atoms with E-state index in [0.717, 1.165) is 37.0 Å². The molecule has 1 amide bonds. The largest absolute Gasteiger partial charge is 0.398 e. The van der Waals surface area contributed by atoms with Crippen LogP contribution in [0.1, 0.15) is 32.3 Å². The maximum absolute atomic E-state index is 11.2. The van der Waals surface area contributed by atoms with Crippen LogP contribution in [0, 0.1) is 5.92 Å². The summed E-state index contributed by atoms with van der Waals surface area (Å²) in [5, 5.41) is 0.688. The quantitative estimate of drug-likeness (QED) is 0.681. The highest BCUT2D eigenvalue weighted by Gasteiger charge is 2.25. The predicted molar refractivity (Wildman–Crippen MR) is 84.5 cm³/mol. The monoisotopic (exact) mass is 292 g/mol. The van der Waals surface area contributed by atoms with Crippen LogP contribution in [-0.2, 0) is 4.79 Å². The molecule has 0 fully saturated rings. The first-order valence-corrected chi connectivity index (χ1v) is 7.41. The molecule has 0 aliphatic carbocycles. The lowest BCUT2D eigenvalue weighted by Crippen LogP contribution is -2.40. The second-order valence-corrected chi connectivity index (χ2v) is 5.83. The van der Waals surface area contributed by atoms with Crippen molar-refractivity contribution < 1.29 is 4.79 Å². The van der Waals surface area contributed by atoms with Gasteiger partial charge in [-0.05, 0) is 36.1 Å². The highest BCUT2D eigenvalue weighted by molar-refractivity contribution is 6.30. The Morgan fingerprint density at radius 3 is 2.95 bits per heavy atom. The van der Waals surface area contributed by atoms with Gasteiger partial charge < -0.3 is 10.6 Å². The fraction of sp³-hybridized carbons (Fsp3) is 0.438. The highest BCUT2D eigenvalue weighted by Crippen LogP contribution is 2.32. The normalized spacial score (nSPS) is 20.4. The molecule has 1 aromatic carbocycles. The van der Waals surface area contributed by atoms with Gasteiger partial charge in [0, 0.05) is 22.8 Å². The van der Waals surface area contributed by atoms with Crippen LogP contribution in [0.5, 0.6) is 0 Å². The second-order valence-electron chi connectivity index (χ2n) is 5.39. The lowest BCUT2D eigenvalue weighted by atomic mass is 9.88. The smallest absolute Gasteiger partial charge is 0.210 e. The van der Waals surface area contributed by atoms with Crippen LogP contribution in [-0.4, -0.2) is 23.9 Å². The number of nitrogens with two attached hydrogens (primary N) is 1. The summed E-state index contributed by atoms with van der Waals surface area (Å²) >= 11 is 6.07. The molecule has 2 rings (SSSR count). The van der Waals surface area contributed by atoms with Gasteiger partial charge in [0.2, 0.25) is 6.41 Å². The Morgan fingerprint density at radius 1 is 1.55 bits per heavy atom. The summed E-state index contributed by atoms with van der Waals surface area (Å²) in [7, 11) is 0. The molecular weight excluding hydrogens is 272 g/mol. The molecule has 1 aliphatic heterocycles. The van der Waals surface area contributed by atoms with Gasteiger partial charge in [0.15, 0.2) is 0 Å². The molecule has 3 nitrogen and oxygen atoms in total. The second kappa shape index (κ2) is 6.31. The van der Waals surface area contributed by atoms with E-state index in [1.165, 1.54) is 5.57 Å². The molecule has 2 N–H and O–H groups in total. The van der Waals surface area contributed by atoms with Gasteiger partial charge in [-0.2, -0.15) is 0 Å². The Morgan fingerprint density at radius 2 is 2.30 bits per heavy atom. The number of amides is 1. The van der Waals surface area contributed by atoms with E-state index in [-0.39, 0.29) is 6.04 Å². The highest BCUT2D eigenvalue weighted by atomic mass is 35.5. The molecule has 0 saturated carbocycles. The summed E-state index contributed by atoms with van der Waals surface area (Å²) in [6, 6.07) is 5.68. The van der Waals surface area contributed by atoms with E-state index in [1.54, 1.807) is 6.07 Å². The average molecular weight is 293 g/mol. The zero-order chi connectivity index (χ0) is 14.7. The Hall–Kier alpha value is -1.48. The first-order chi connectivity index (χ1) is 9.56. The Bertz CT molecular complexity index is 527. The lowest BCUT2D eigenvalue weighted by Gasteiger charge is -2.35. The van der Waals surface area contributed by atoms with Gasteiger partial charge in [0.05, 0.1) is 6.04 Å². The number of hydrogen-bond acceptors (Lipinski definition) is 2. The number of benzene rings is 1. The van der Waals surface area contributed by atoms with Crippen molar-refractivity contribution in [2.75, 3.05) is 12.3 Å². The molecule has 108 valence electrons. The van der Waals surface area contributed by atoms with Gasteiger partial charge in [-0.3, -0.25) is 4.79 Å². The Balaban J connectivity index is 2.38. The van der Waals surface area contributed by atoms with E-state index < -0.39 is 0 Å². The van der Waals surface area contributed by atoms with Crippen LogP contribution in [0.3, 0.4) is 0 Å². The summed E-state index contributed by atoms with van der Waals surface area (Å²) in [6.07, 6.45) is 4.97. The zero-order valence-corrected chi connectivity index (χ0v) is 12.7. The minimum absolute atomic E-state index is 0.139. The molecule has 1 heterocycles. The van der Waals surface area contributed by atoms with E-state index in [4.69, 9.17) is 17.3 Å². The van der Waals surface area contributed by atoms with E-state index in [2.05, 4.69) is 19.9 Å². The van der Waals surface area contributed by atoms with Crippen LogP contribution < -0.4 is 5.73 Å². The molecule has 0 aromatic heterocycles. The molecule has 2 atom stereocenters. The molecule has 1 aromatic rings. The number of hydrogen-bond donors (Lipinski definition) is 1. The van der Waals surface area contributed by atoms with Gasteiger partial charge >= 0.3 is 0 Å². The third-order valence-electron chi connectivity index (χ3n) is 4.12. The van der Waals surface area contributed by atoms with Gasteiger partial charge in [-0.1, -0.05) is 37.9 Å². The van der Waals surface area contributed by atoms with Crippen LogP contribution in [0.15, 0.2) is 24.3 Å². The fourth-order valence-corrected chi connectivity index (χ4v) is 2.84. The Labute approximate surface area is 125 Å². The number of anilines is 1. The maximum atomic E-state index is 11.2. The molecular formula is C16H21ClN2O. The van der Waals surface area contributed by atoms with Crippen molar-refractivity contribution in [2.45, 2.75) is 32.7 Å². The van der Waals surface area contributed by atoms with Crippen LogP contribution in [0.4, 0.5) is 5.69 Å². The van der Waals surface area contributed by atoms with Gasteiger partial charge in [-0.25, -0.2) is 0 Å². The fourth-order valence-electron chi connectivity index (χ4n) is 2.67. The van der Waals surface area contributed by atoms with Crippen molar-refractivity contribution in [3.8, 4) is 0 Å². The molecule has 0 radical (unpaired) electrons. The SMILES string of the molecule is CCC(C)C1C=C(c2cc(Cl)ccc2N)CCN1C=O. The summed E-state index contributed by atoms with van der Waals surface area (Å²) < 4.78 is 0. The van der Waals surface area contributed by atoms with Gasteiger partial charge in [0.25, 0.3) is 0 Å². The third-order valence-corrected chi connectivity index (χ3v) is 4.35. The van der Waals surface area contributed by atoms with Crippen LogP contribution in [0.2, 0.25) is 5.02 Å². The minimum Gasteiger partial charge on any atom is -0.398 e. The van der Waals surface area contributed by atoms with E-state index in [0.29, 0.717) is 10.9 Å². The number of halogens is 1. The van der Waals surface area contributed by atoms with Crippen molar-refractivity contribution in [2.24, 2.45) is 5.92 Å². The van der Waals surface area contributed by atoms with Crippen molar-refractivity contribution in [3.63, 3.8) is 0 Å². The van der Waals surface area contributed by atoms with Crippen LogP contribution in [0.25, 0.3) is 5.57 Å². The first kappa shape index (κ1) is 14.9. The number of nitrogen functional groups attached to an aromatic ring is 1. The van der Waals surface area contributed by atoms with Gasteiger partial charge in [0.1, 0.15) is 0 Å². The molecule has 20 heavy (non-hydrogen) atoms. The van der Waals surface area contributed by atoms with E-state index in [9.17, 15) is 4.79 Å². The molecule has 4 heteroatoms. The number of carbonyl (C=O) groups excluding carboxylic acids is 1. The maximum Gasteiger partial charge on any atom is 0.210 e. The lowest BCUT2D eigenvalue weighted by molar-refractivity contribution is -0.120. The van der Waals surface area contributed by atoms with E-state index >= 15 is 0 Å². The first-order valence-electron chi connectivity index (χ1n) is 7.04. The topological polar surface area (TPSA) is 46.3 Å². The summed E-state index contributed by atoms with van der Waals surface area (Å²) in [5.74, 6) is 0.427. The number of carbonyl (C=O) groups is 1. The minimum atomic E-state index is 0.139. The van der Waals surface area contributed by atoms with E-state index in [1.807, 2.05) is 17.0 Å². The summed E-state index contributed by atoms with van der Waals surface area (Å²) in [5.41, 5.74) is 8.98. The van der Waals surface area contributed by atoms with Crippen LogP contribution >= 0.6 is 11.6 Å². The predicted octanol–water partition coefficient (Wildman–Crippen LogP) is 3.58. The number of rotatable bonds is 4.